The van der Waals surface area contributed by atoms with Crippen molar-refractivity contribution in [3.8, 4) is 11.5 Å². The van der Waals surface area contributed by atoms with Gasteiger partial charge in [0.2, 0.25) is 5.82 Å². The number of nitrogens with one attached hydrogen (secondary N) is 3. The van der Waals surface area contributed by atoms with Gasteiger partial charge in [-0.3, -0.25) is 15.1 Å². The molecular formula is C26H23F3N6O4. The van der Waals surface area contributed by atoms with E-state index in [9.17, 15) is 22.8 Å². The molecule has 0 saturated heterocycles. The van der Waals surface area contributed by atoms with E-state index >= 15 is 0 Å². The molecule has 10 nitrogen and oxygen atoms in total. The van der Waals surface area contributed by atoms with Gasteiger partial charge in [0.1, 0.15) is 18.1 Å². The van der Waals surface area contributed by atoms with E-state index in [2.05, 4.69) is 30.7 Å². The maximum atomic E-state index is 12.9. The third-order valence-corrected chi connectivity index (χ3v) is 5.09. The number of imidazole rings is 1. The number of amides is 3. The molecule has 0 saturated carbocycles. The maximum absolute atomic E-state index is 12.9. The van der Waals surface area contributed by atoms with Gasteiger partial charge in [-0.2, -0.15) is 0 Å². The molecular weight excluding hydrogens is 517 g/mol. The second-order valence-electron chi connectivity index (χ2n) is 8.00. The van der Waals surface area contributed by atoms with Gasteiger partial charge in [-0.1, -0.05) is 24.3 Å². The summed E-state index contributed by atoms with van der Waals surface area (Å²) < 4.78 is 48.1. The van der Waals surface area contributed by atoms with Crippen molar-refractivity contribution in [3.63, 3.8) is 0 Å². The number of carbonyl (C=O) groups excluding carboxylic acids is 2. The predicted octanol–water partition coefficient (Wildman–Crippen LogP) is 4.83. The second-order valence-corrected chi connectivity index (χ2v) is 8.00. The van der Waals surface area contributed by atoms with Gasteiger partial charge in [-0.05, 0) is 48.0 Å². The van der Waals surface area contributed by atoms with Crippen LogP contribution in [-0.2, 0) is 13.1 Å². The lowest BCUT2D eigenvalue weighted by Crippen LogP contribution is -2.27. The normalized spacial score (nSPS) is 10.9. The van der Waals surface area contributed by atoms with E-state index in [1.807, 2.05) is 24.3 Å². The zero-order valence-corrected chi connectivity index (χ0v) is 20.3. The number of benzene rings is 2. The van der Waals surface area contributed by atoms with Crippen LogP contribution in [0.5, 0.6) is 11.5 Å². The number of nitrogens with zero attached hydrogens (tertiary/aromatic N) is 3. The topological polar surface area (TPSA) is 119 Å². The van der Waals surface area contributed by atoms with E-state index in [4.69, 9.17) is 4.74 Å². The molecule has 0 spiro atoms. The molecule has 2 heterocycles. The van der Waals surface area contributed by atoms with Gasteiger partial charge in [0.05, 0.1) is 6.54 Å². The third kappa shape index (κ3) is 8.49. The van der Waals surface area contributed by atoms with Crippen LogP contribution in [0.15, 0.2) is 85.3 Å². The number of pyridine rings is 1. The number of halogens is 3. The molecule has 3 N–H and O–H groups in total. The molecule has 4 aromatic rings. The molecule has 13 heteroatoms. The SMILES string of the molecule is O=C(Nc1ccc(OC(F)(F)F)cc1)Nc1cn(CCOc2ccccc2)c(C(=O)NCc2cccnc2)n1. The first-order chi connectivity index (χ1) is 18.7. The molecule has 0 fully saturated rings. The predicted molar refractivity (Wildman–Crippen MR) is 135 cm³/mol. The van der Waals surface area contributed by atoms with E-state index in [0.29, 0.717) is 5.75 Å². The van der Waals surface area contributed by atoms with Gasteiger partial charge in [0.25, 0.3) is 5.91 Å². The first kappa shape index (κ1) is 27.0. The molecule has 4 rings (SSSR count). The molecule has 0 radical (unpaired) electrons. The molecule has 202 valence electrons. The van der Waals surface area contributed by atoms with Crippen molar-refractivity contribution in [1.82, 2.24) is 19.9 Å². The van der Waals surface area contributed by atoms with E-state index in [1.54, 1.807) is 35.2 Å². The summed E-state index contributed by atoms with van der Waals surface area (Å²) in [5.41, 5.74) is 1.01. The Labute approximate surface area is 220 Å². The number of anilines is 2. The second kappa shape index (κ2) is 12.4. The fourth-order valence-corrected chi connectivity index (χ4v) is 3.39. The number of rotatable bonds is 10. The average Bonchev–Trinajstić information content (AvgIpc) is 3.31. The monoisotopic (exact) mass is 540 g/mol. The first-order valence-electron chi connectivity index (χ1n) is 11.6. The Hall–Kier alpha value is -5.07. The lowest BCUT2D eigenvalue weighted by Gasteiger charge is -2.10. The third-order valence-electron chi connectivity index (χ3n) is 5.09. The summed E-state index contributed by atoms with van der Waals surface area (Å²) in [5.74, 6) is -0.126. The minimum Gasteiger partial charge on any atom is -0.492 e. The van der Waals surface area contributed by atoms with Crippen molar-refractivity contribution in [2.75, 3.05) is 17.2 Å². The van der Waals surface area contributed by atoms with Crippen molar-refractivity contribution < 1.29 is 32.2 Å². The number of para-hydroxylation sites is 1. The van der Waals surface area contributed by atoms with Crippen LogP contribution >= 0.6 is 0 Å². The van der Waals surface area contributed by atoms with Crippen LogP contribution in [0.4, 0.5) is 29.5 Å². The zero-order valence-electron chi connectivity index (χ0n) is 20.3. The Morgan fingerprint density at radius 3 is 2.38 bits per heavy atom. The molecule has 39 heavy (non-hydrogen) atoms. The number of alkyl halides is 3. The summed E-state index contributed by atoms with van der Waals surface area (Å²) in [4.78, 5) is 33.7. The number of hydrogen-bond donors (Lipinski definition) is 3. The van der Waals surface area contributed by atoms with E-state index in [1.165, 1.54) is 18.3 Å². The Morgan fingerprint density at radius 1 is 0.923 bits per heavy atom. The Kier molecular flexibility index (Phi) is 8.61. The average molecular weight is 541 g/mol. The number of hydrogen-bond acceptors (Lipinski definition) is 6. The highest BCUT2D eigenvalue weighted by Gasteiger charge is 2.31. The summed E-state index contributed by atoms with van der Waals surface area (Å²) >= 11 is 0. The highest BCUT2D eigenvalue weighted by Crippen LogP contribution is 2.24. The zero-order chi connectivity index (χ0) is 27.7. The van der Waals surface area contributed by atoms with Gasteiger partial charge in [0.15, 0.2) is 5.82 Å². The molecule has 3 amide bonds. The van der Waals surface area contributed by atoms with Crippen molar-refractivity contribution in [2.45, 2.75) is 19.5 Å². The standard InChI is InChI=1S/C26H23F3N6O4/c27-26(28,29)39-21-10-8-19(9-11-21)32-25(37)34-22-17-35(13-14-38-20-6-2-1-3-7-20)23(33-22)24(36)31-16-18-5-4-12-30-15-18/h1-12,15,17H,13-14,16H2,(H,31,36)(H2,32,34,37). The fraction of sp³-hybridized carbons (Fsp3) is 0.154. The minimum absolute atomic E-state index is 0.0412. The molecule has 0 aliphatic carbocycles. The Bertz CT molecular complexity index is 1380. The van der Waals surface area contributed by atoms with Crippen molar-refractivity contribution in [2.24, 2.45) is 0 Å². The van der Waals surface area contributed by atoms with Crippen LogP contribution in [0.25, 0.3) is 0 Å². The Morgan fingerprint density at radius 2 is 1.69 bits per heavy atom. The largest absolute Gasteiger partial charge is 0.573 e. The van der Waals surface area contributed by atoms with Gasteiger partial charge < -0.3 is 24.7 Å². The van der Waals surface area contributed by atoms with E-state index in [-0.39, 0.29) is 37.0 Å². The first-order valence-corrected chi connectivity index (χ1v) is 11.6. The molecule has 2 aromatic carbocycles. The maximum Gasteiger partial charge on any atom is 0.573 e. The summed E-state index contributed by atoms with van der Waals surface area (Å²) in [6, 6.07) is 16.6. The molecule has 0 aliphatic heterocycles. The summed E-state index contributed by atoms with van der Waals surface area (Å²) in [7, 11) is 0. The smallest absolute Gasteiger partial charge is 0.492 e. The van der Waals surface area contributed by atoms with Crippen molar-refractivity contribution in [1.29, 1.82) is 0 Å². The number of urea groups is 1. The summed E-state index contributed by atoms with van der Waals surface area (Å²) in [5, 5.41) is 7.77. The lowest BCUT2D eigenvalue weighted by molar-refractivity contribution is -0.274. The molecule has 0 bridgehead atoms. The van der Waals surface area contributed by atoms with Crippen LogP contribution in [0.1, 0.15) is 16.2 Å². The van der Waals surface area contributed by atoms with Crippen LogP contribution in [0.2, 0.25) is 0 Å². The molecule has 2 aromatic heterocycles. The number of aromatic nitrogens is 3. The summed E-state index contributed by atoms with van der Waals surface area (Å²) in [6.45, 7) is 0.695. The van der Waals surface area contributed by atoms with Gasteiger partial charge in [0, 0.05) is 30.8 Å². The van der Waals surface area contributed by atoms with Gasteiger partial charge in [-0.25, -0.2) is 9.78 Å². The number of carbonyl (C=O) groups is 2. The molecule has 0 unspecified atom stereocenters. The fourth-order valence-electron chi connectivity index (χ4n) is 3.39. The Balaban J connectivity index is 1.41. The number of ether oxygens (including phenoxy) is 2. The highest BCUT2D eigenvalue weighted by molar-refractivity contribution is 5.99. The lowest BCUT2D eigenvalue weighted by atomic mass is 10.3. The minimum atomic E-state index is -4.82. The van der Waals surface area contributed by atoms with E-state index < -0.39 is 24.1 Å². The van der Waals surface area contributed by atoms with Crippen molar-refractivity contribution in [3.05, 3.63) is 96.7 Å². The van der Waals surface area contributed by atoms with Crippen molar-refractivity contribution >= 4 is 23.4 Å². The van der Waals surface area contributed by atoms with E-state index in [0.717, 1.165) is 17.7 Å². The highest BCUT2D eigenvalue weighted by atomic mass is 19.4. The van der Waals surface area contributed by atoms with Crippen LogP contribution in [0, 0.1) is 0 Å². The summed E-state index contributed by atoms with van der Waals surface area (Å²) in [6.07, 6.45) is -0.0928. The van der Waals surface area contributed by atoms with Gasteiger partial charge in [-0.15, -0.1) is 13.2 Å². The molecule has 0 atom stereocenters. The van der Waals surface area contributed by atoms with Gasteiger partial charge >= 0.3 is 12.4 Å². The van der Waals surface area contributed by atoms with Crippen LogP contribution in [0.3, 0.4) is 0 Å². The molecule has 0 aliphatic rings. The van der Waals surface area contributed by atoms with Crippen LogP contribution in [-0.4, -0.2) is 39.4 Å². The van der Waals surface area contributed by atoms with Crippen LogP contribution < -0.4 is 25.4 Å². The quantitative estimate of drug-likeness (QED) is 0.265.